The minimum atomic E-state index is 0.747. The van der Waals surface area contributed by atoms with Crippen molar-refractivity contribution >= 4 is 0 Å². The Bertz CT molecular complexity index is 271. The van der Waals surface area contributed by atoms with Crippen LogP contribution in [0.25, 0.3) is 0 Å². The molecule has 2 heteroatoms. The lowest BCUT2D eigenvalue weighted by Gasteiger charge is -2.07. The van der Waals surface area contributed by atoms with Gasteiger partial charge in [-0.25, -0.2) is 0 Å². The Kier molecular flexibility index (Phi) is 3.77. The van der Waals surface area contributed by atoms with Gasteiger partial charge in [0.05, 0.1) is 7.11 Å². The average Bonchev–Trinajstić information content (AvgIpc) is 2.17. The van der Waals surface area contributed by atoms with Crippen LogP contribution in [-0.4, -0.2) is 13.7 Å². The van der Waals surface area contributed by atoms with Crippen LogP contribution in [0.15, 0.2) is 18.2 Å². The Morgan fingerprint density at radius 2 is 2.15 bits per heavy atom. The summed E-state index contributed by atoms with van der Waals surface area (Å²) >= 11 is 0. The van der Waals surface area contributed by atoms with Gasteiger partial charge in [0.2, 0.25) is 0 Å². The van der Waals surface area contributed by atoms with Gasteiger partial charge in [-0.15, -0.1) is 0 Å². The van der Waals surface area contributed by atoms with Crippen molar-refractivity contribution in [1.82, 2.24) is 0 Å². The first-order chi connectivity index (χ1) is 6.27. The third-order valence-electron chi connectivity index (χ3n) is 2.21. The maximum absolute atomic E-state index is 5.47. The molecule has 0 bridgehead atoms. The Morgan fingerprint density at radius 3 is 2.77 bits per heavy atom. The number of rotatable bonds is 4. The van der Waals surface area contributed by atoms with Crippen molar-refractivity contribution < 1.29 is 4.74 Å². The van der Waals surface area contributed by atoms with Gasteiger partial charge in [-0.05, 0) is 49.6 Å². The van der Waals surface area contributed by atoms with E-state index >= 15 is 0 Å². The highest BCUT2D eigenvalue weighted by atomic mass is 16.5. The number of nitrogens with two attached hydrogens (primary N) is 1. The predicted molar refractivity (Wildman–Crippen MR) is 55.1 cm³/mol. The zero-order valence-electron chi connectivity index (χ0n) is 8.34. The van der Waals surface area contributed by atoms with Gasteiger partial charge in [-0.2, -0.15) is 0 Å². The predicted octanol–water partition coefficient (Wildman–Crippen LogP) is 1.89. The Hall–Kier alpha value is -1.02. The molecule has 0 heterocycles. The normalized spacial score (nSPS) is 10.1. The molecule has 0 atom stereocenters. The van der Waals surface area contributed by atoms with Crippen LogP contribution < -0.4 is 10.5 Å². The molecule has 1 rings (SSSR count). The molecule has 0 spiro atoms. The van der Waals surface area contributed by atoms with Crippen LogP contribution in [-0.2, 0) is 6.42 Å². The van der Waals surface area contributed by atoms with Crippen LogP contribution in [0.4, 0.5) is 0 Å². The van der Waals surface area contributed by atoms with Gasteiger partial charge < -0.3 is 10.5 Å². The van der Waals surface area contributed by atoms with Crippen LogP contribution in [0.2, 0.25) is 0 Å². The van der Waals surface area contributed by atoms with E-state index in [4.69, 9.17) is 10.5 Å². The fourth-order valence-electron chi connectivity index (χ4n) is 1.34. The summed E-state index contributed by atoms with van der Waals surface area (Å²) in [6.07, 6.45) is 2.08. The molecule has 0 fully saturated rings. The fraction of sp³-hybridized carbons (Fsp3) is 0.455. The molecule has 72 valence electrons. The van der Waals surface area contributed by atoms with Gasteiger partial charge in [-0.3, -0.25) is 0 Å². The maximum Gasteiger partial charge on any atom is 0.119 e. The molecule has 0 aliphatic carbocycles. The van der Waals surface area contributed by atoms with E-state index in [0.717, 1.165) is 25.1 Å². The summed E-state index contributed by atoms with van der Waals surface area (Å²) in [5.74, 6) is 0.928. The zero-order chi connectivity index (χ0) is 9.68. The van der Waals surface area contributed by atoms with E-state index in [2.05, 4.69) is 19.1 Å². The summed E-state index contributed by atoms with van der Waals surface area (Å²) in [7, 11) is 1.69. The smallest absolute Gasteiger partial charge is 0.119 e. The van der Waals surface area contributed by atoms with Crippen molar-refractivity contribution in [3.63, 3.8) is 0 Å². The van der Waals surface area contributed by atoms with Gasteiger partial charge in [0.1, 0.15) is 5.75 Å². The van der Waals surface area contributed by atoms with Crippen molar-refractivity contribution in [3.05, 3.63) is 29.3 Å². The first-order valence-corrected chi connectivity index (χ1v) is 4.61. The number of hydrogen-bond acceptors (Lipinski definition) is 2. The number of benzene rings is 1. The SMILES string of the molecule is COc1ccc(C)c(CCCN)c1. The van der Waals surface area contributed by atoms with Gasteiger partial charge >= 0.3 is 0 Å². The summed E-state index contributed by atoms with van der Waals surface area (Å²) in [6, 6.07) is 6.16. The van der Waals surface area contributed by atoms with E-state index in [-0.39, 0.29) is 0 Å². The van der Waals surface area contributed by atoms with E-state index in [1.807, 2.05) is 6.07 Å². The van der Waals surface area contributed by atoms with Gasteiger partial charge in [-0.1, -0.05) is 6.07 Å². The topological polar surface area (TPSA) is 35.2 Å². The summed E-state index contributed by atoms with van der Waals surface area (Å²) in [4.78, 5) is 0. The van der Waals surface area contributed by atoms with Crippen LogP contribution in [0.1, 0.15) is 17.5 Å². The lowest BCUT2D eigenvalue weighted by atomic mass is 10.0. The Labute approximate surface area is 79.7 Å². The molecule has 1 aromatic rings. The lowest BCUT2D eigenvalue weighted by Crippen LogP contribution is -2.01. The zero-order valence-corrected chi connectivity index (χ0v) is 8.34. The quantitative estimate of drug-likeness (QED) is 0.766. The van der Waals surface area contributed by atoms with Crippen LogP contribution in [0.5, 0.6) is 5.75 Å². The van der Waals surface area contributed by atoms with Crippen molar-refractivity contribution in [3.8, 4) is 5.75 Å². The molecule has 1 aromatic carbocycles. The van der Waals surface area contributed by atoms with Gasteiger partial charge in [0.25, 0.3) is 0 Å². The number of hydrogen-bond donors (Lipinski definition) is 1. The van der Waals surface area contributed by atoms with Crippen molar-refractivity contribution in [2.75, 3.05) is 13.7 Å². The number of aryl methyl sites for hydroxylation is 2. The molecule has 2 N–H and O–H groups in total. The third kappa shape index (κ3) is 2.74. The van der Waals surface area contributed by atoms with E-state index in [1.54, 1.807) is 7.11 Å². The second kappa shape index (κ2) is 4.87. The first-order valence-electron chi connectivity index (χ1n) is 4.61. The minimum Gasteiger partial charge on any atom is -0.497 e. The van der Waals surface area contributed by atoms with E-state index in [1.165, 1.54) is 11.1 Å². The molecule has 13 heavy (non-hydrogen) atoms. The highest BCUT2D eigenvalue weighted by molar-refractivity contribution is 5.34. The van der Waals surface area contributed by atoms with E-state index < -0.39 is 0 Å². The summed E-state index contributed by atoms with van der Waals surface area (Å²) < 4.78 is 5.16. The molecule has 0 aliphatic heterocycles. The summed E-state index contributed by atoms with van der Waals surface area (Å²) in [5, 5.41) is 0. The first kappa shape index (κ1) is 10.1. The van der Waals surface area contributed by atoms with Gasteiger partial charge in [0, 0.05) is 0 Å². The second-order valence-corrected chi connectivity index (χ2v) is 3.18. The van der Waals surface area contributed by atoms with Crippen LogP contribution in [0.3, 0.4) is 0 Å². The Morgan fingerprint density at radius 1 is 1.38 bits per heavy atom. The largest absolute Gasteiger partial charge is 0.497 e. The number of methoxy groups -OCH3 is 1. The van der Waals surface area contributed by atoms with Gasteiger partial charge in [0.15, 0.2) is 0 Å². The molecular formula is C11H17NO. The highest BCUT2D eigenvalue weighted by Gasteiger charge is 1.99. The maximum atomic E-state index is 5.47. The molecule has 0 amide bonds. The molecule has 0 saturated heterocycles. The monoisotopic (exact) mass is 179 g/mol. The lowest BCUT2D eigenvalue weighted by molar-refractivity contribution is 0.414. The summed E-state index contributed by atoms with van der Waals surface area (Å²) in [5.41, 5.74) is 8.12. The minimum absolute atomic E-state index is 0.747. The third-order valence-corrected chi connectivity index (χ3v) is 2.21. The van der Waals surface area contributed by atoms with E-state index in [0.29, 0.717) is 0 Å². The molecule has 0 saturated carbocycles. The molecule has 0 unspecified atom stereocenters. The van der Waals surface area contributed by atoms with Crippen molar-refractivity contribution in [2.45, 2.75) is 19.8 Å². The fourth-order valence-corrected chi connectivity index (χ4v) is 1.34. The highest BCUT2D eigenvalue weighted by Crippen LogP contribution is 2.17. The molecule has 0 radical (unpaired) electrons. The molecule has 0 aromatic heterocycles. The van der Waals surface area contributed by atoms with Crippen molar-refractivity contribution in [1.29, 1.82) is 0 Å². The van der Waals surface area contributed by atoms with Crippen LogP contribution in [0, 0.1) is 6.92 Å². The molecule has 2 nitrogen and oxygen atoms in total. The van der Waals surface area contributed by atoms with E-state index in [9.17, 15) is 0 Å². The second-order valence-electron chi connectivity index (χ2n) is 3.18. The standard InChI is InChI=1S/C11H17NO/c1-9-5-6-11(13-2)8-10(9)4-3-7-12/h5-6,8H,3-4,7,12H2,1-2H3. The van der Waals surface area contributed by atoms with Crippen molar-refractivity contribution in [2.24, 2.45) is 5.73 Å². The molecule has 0 aliphatic rings. The van der Waals surface area contributed by atoms with Crippen LogP contribution >= 0.6 is 0 Å². The Balaban J connectivity index is 2.78. The number of ether oxygens (including phenoxy) is 1. The average molecular weight is 179 g/mol. The summed E-state index contributed by atoms with van der Waals surface area (Å²) in [6.45, 7) is 2.86. The molecular weight excluding hydrogens is 162 g/mol.